The Balaban J connectivity index is 2.42. The molecule has 1 aliphatic rings. The Morgan fingerprint density at radius 2 is 1.93 bits per heavy atom. The first-order chi connectivity index (χ1) is 7.19. The van der Waals surface area contributed by atoms with Gasteiger partial charge in [0, 0.05) is 12.3 Å². The van der Waals surface area contributed by atoms with Crippen molar-refractivity contribution < 1.29 is 5.11 Å². The molecule has 0 saturated heterocycles. The maximum atomic E-state index is 10.4. The second-order valence-electron chi connectivity index (χ2n) is 4.81. The Hall–Kier alpha value is -0.480. The Labute approximate surface area is 94.3 Å². The number of hydrogen-bond acceptors (Lipinski definition) is 1. The molecule has 0 aromatic carbocycles. The summed E-state index contributed by atoms with van der Waals surface area (Å²) >= 11 is 0. The normalized spacial score (nSPS) is 21.5. The molecule has 0 aromatic heterocycles. The molecule has 0 bridgehead atoms. The Bertz CT molecular complexity index is 227. The van der Waals surface area contributed by atoms with Gasteiger partial charge < -0.3 is 5.11 Å². The van der Waals surface area contributed by atoms with Crippen molar-refractivity contribution in [3.8, 4) is 11.8 Å². The first-order valence-electron chi connectivity index (χ1n) is 6.40. The quantitative estimate of drug-likeness (QED) is 0.556. The largest absolute Gasteiger partial charge is 0.389 e. The Kier molecular flexibility index (Phi) is 5.19. The molecule has 0 aliphatic heterocycles. The van der Waals surface area contributed by atoms with Crippen molar-refractivity contribution in [2.75, 3.05) is 0 Å². The third kappa shape index (κ3) is 3.87. The number of hydrogen-bond donors (Lipinski definition) is 1. The average Bonchev–Trinajstić information content (AvgIpc) is 2.25. The van der Waals surface area contributed by atoms with Crippen molar-refractivity contribution in [3.05, 3.63) is 0 Å². The molecule has 1 heteroatoms. The molecule has 15 heavy (non-hydrogen) atoms. The molecular weight excluding hydrogens is 184 g/mol. The molecule has 0 radical (unpaired) electrons. The monoisotopic (exact) mass is 208 g/mol. The molecule has 1 rings (SSSR count). The van der Waals surface area contributed by atoms with Gasteiger partial charge in [0.25, 0.3) is 0 Å². The summed E-state index contributed by atoms with van der Waals surface area (Å²) in [5.41, 5.74) is -0.489. The lowest BCUT2D eigenvalue weighted by Crippen LogP contribution is -2.37. The SMILES string of the molecule is CCCCC#CC(C)C1(O)CCCCC1. The molecule has 0 aromatic rings. The molecule has 86 valence electrons. The smallest absolute Gasteiger partial charge is 0.0781 e. The van der Waals surface area contributed by atoms with Crippen LogP contribution in [0.2, 0.25) is 0 Å². The van der Waals surface area contributed by atoms with E-state index in [-0.39, 0.29) is 5.92 Å². The lowest BCUT2D eigenvalue weighted by atomic mass is 9.77. The summed E-state index contributed by atoms with van der Waals surface area (Å²) in [5, 5.41) is 10.4. The zero-order valence-electron chi connectivity index (χ0n) is 10.2. The highest BCUT2D eigenvalue weighted by molar-refractivity contribution is 5.09. The third-order valence-corrected chi connectivity index (χ3v) is 3.50. The maximum absolute atomic E-state index is 10.4. The highest BCUT2D eigenvalue weighted by atomic mass is 16.3. The second kappa shape index (κ2) is 6.18. The number of aliphatic hydroxyl groups is 1. The molecule has 0 spiro atoms. The fourth-order valence-corrected chi connectivity index (χ4v) is 2.22. The third-order valence-electron chi connectivity index (χ3n) is 3.50. The van der Waals surface area contributed by atoms with Crippen molar-refractivity contribution in [1.82, 2.24) is 0 Å². The number of unbranched alkanes of at least 4 members (excludes halogenated alkanes) is 2. The van der Waals surface area contributed by atoms with E-state index in [1.807, 2.05) is 0 Å². The zero-order valence-corrected chi connectivity index (χ0v) is 10.2. The van der Waals surface area contributed by atoms with Gasteiger partial charge in [-0.15, -0.1) is 5.92 Å². The van der Waals surface area contributed by atoms with Gasteiger partial charge in [-0.2, -0.15) is 0 Å². The highest BCUT2D eigenvalue weighted by Crippen LogP contribution is 2.33. The summed E-state index contributed by atoms with van der Waals surface area (Å²) in [7, 11) is 0. The molecule has 1 atom stereocenters. The van der Waals surface area contributed by atoms with Crippen molar-refractivity contribution in [2.45, 2.75) is 70.8 Å². The van der Waals surface area contributed by atoms with Gasteiger partial charge in [0.2, 0.25) is 0 Å². The van der Waals surface area contributed by atoms with Crippen LogP contribution < -0.4 is 0 Å². The minimum atomic E-state index is -0.489. The van der Waals surface area contributed by atoms with Gasteiger partial charge in [-0.25, -0.2) is 0 Å². The maximum Gasteiger partial charge on any atom is 0.0781 e. The molecule has 1 saturated carbocycles. The minimum Gasteiger partial charge on any atom is -0.389 e. The van der Waals surface area contributed by atoms with Crippen molar-refractivity contribution in [1.29, 1.82) is 0 Å². The van der Waals surface area contributed by atoms with Crippen LogP contribution in [-0.2, 0) is 0 Å². The van der Waals surface area contributed by atoms with Gasteiger partial charge in [-0.05, 0) is 26.2 Å². The van der Waals surface area contributed by atoms with E-state index in [1.165, 1.54) is 19.3 Å². The van der Waals surface area contributed by atoms with Crippen molar-refractivity contribution in [2.24, 2.45) is 5.92 Å². The topological polar surface area (TPSA) is 20.2 Å². The summed E-state index contributed by atoms with van der Waals surface area (Å²) in [6.07, 6.45) is 8.85. The van der Waals surface area contributed by atoms with Gasteiger partial charge >= 0.3 is 0 Å². The number of rotatable bonds is 3. The molecule has 1 aliphatic carbocycles. The molecule has 1 N–H and O–H groups in total. The fourth-order valence-electron chi connectivity index (χ4n) is 2.22. The van der Waals surface area contributed by atoms with Crippen LogP contribution in [0.1, 0.15) is 65.2 Å². The van der Waals surface area contributed by atoms with E-state index in [9.17, 15) is 5.11 Å². The zero-order chi connectivity index (χ0) is 11.1. The molecule has 0 heterocycles. The van der Waals surface area contributed by atoms with Crippen LogP contribution in [0, 0.1) is 17.8 Å². The van der Waals surface area contributed by atoms with E-state index in [0.717, 1.165) is 32.1 Å². The van der Waals surface area contributed by atoms with E-state index in [0.29, 0.717) is 0 Å². The summed E-state index contributed by atoms with van der Waals surface area (Å²) in [5.74, 6) is 6.57. The van der Waals surface area contributed by atoms with Crippen LogP contribution in [-0.4, -0.2) is 10.7 Å². The molecule has 1 nitrogen and oxygen atoms in total. The standard InChI is InChI=1S/C14H24O/c1-3-4-5-7-10-13(2)14(15)11-8-6-9-12-14/h13,15H,3-6,8-9,11-12H2,1-2H3. The van der Waals surface area contributed by atoms with E-state index in [2.05, 4.69) is 25.7 Å². The minimum absolute atomic E-state index is 0.148. The average molecular weight is 208 g/mol. The van der Waals surface area contributed by atoms with E-state index in [4.69, 9.17) is 0 Å². The van der Waals surface area contributed by atoms with Crippen molar-refractivity contribution in [3.63, 3.8) is 0 Å². The van der Waals surface area contributed by atoms with Gasteiger partial charge in [0.1, 0.15) is 0 Å². The van der Waals surface area contributed by atoms with Gasteiger partial charge in [0.15, 0.2) is 0 Å². The van der Waals surface area contributed by atoms with Crippen LogP contribution in [0.15, 0.2) is 0 Å². The molecule has 1 unspecified atom stereocenters. The first-order valence-corrected chi connectivity index (χ1v) is 6.40. The predicted molar refractivity (Wildman–Crippen MR) is 64.5 cm³/mol. The summed E-state index contributed by atoms with van der Waals surface area (Å²) in [4.78, 5) is 0. The lowest BCUT2D eigenvalue weighted by molar-refractivity contribution is -0.0243. The van der Waals surface area contributed by atoms with Crippen LogP contribution in [0.3, 0.4) is 0 Å². The van der Waals surface area contributed by atoms with Crippen LogP contribution in [0.25, 0.3) is 0 Å². The van der Waals surface area contributed by atoms with E-state index in [1.54, 1.807) is 0 Å². The first kappa shape index (κ1) is 12.6. The molecule has 1 fully saturated rings. The van der Waals surface area contributed by atoms with E-state index >= 15 is 0 Å². The Morgan fingerprint density at radius 1 is 1.27 bits per heavy atom. The summed E-state index contributed by atoms with van der Waals surface area (Å²) in [6.45, 7) is 4.25. The highest BCUT2D eigenvalue weighted by Gasteiger charge is 2.33. The van der Waals surface area contributed by atoms with E-state index < -0.39 is 5.60 Å². The Morgan fingerprint density at radius 3 is 2.53 bits per heavy atom. The van der Waals surface area contributed by atoms with Gasteiger partial charge in [-0.3, -0.25) is 0 Å². The van der Waals surface area contributed by atoms with Gasteiger partial charge in [0.05, 0.1) is 5.60 Å². The molecule has 0 amide bonds. The van der Waals surface area contributed by atoms with Crippen molar-refractivity contribution >= 4 is 0 Å². The van der Waals surface area contributed by atoms with Crippen LogP contribution >= 0.6 is 0 Å². The van der Waals surface area contributed by atoms with Gasteiger partial charge in [-0.1, -0.05) is 38.5 Å². The predicted octanol–water partition coefficient (Wildman–Crippen LogP) is 3.51. The molecular formula is C14H24O. The summed E-state index contributed by atoms with van der Waals surface area (Å²) in [6, 6.07) is 0. The van der Waals surface area contributed by atoms with Crippen LogP contribution in [0.4, 0.5) is 0 Å². The fraction of sp³-hybridized carbons (Fsp3) is 0.857. The second-order valence-corrected chi connectivity index (χ2v) is 4.81. The lowest BCUT2D eigenvalue weighted by Gasteiger charge is -2.35. The van der Waals surface area contributed by atoms with Crippen LogP contribution in [0.5, 0.6) is 0 Å². The summed E-state index contributed by atoms with van der Waals surface area (Å²) < 4.78 is 0.